The van der Waals surface area contributed by atoms with Gasteiger partial charge < -0.3 is 5.11 Å². The highest BCUT2D eigenvalue weighted by atomic mass is 19.4. The van der Waals surface area contributed by atoms with E-state index in [1.165, 1.54) is 0 Å². The van der Waals surface area contributed by atoms with Gasteiger partial charge in [-0.3, -0.25) is 4.98 Å². The van der Waals surface area contributed by atoms with Crippen LogP contribution in [0.5, 0.6) is 0 Å². The van der Waals surface area contributed by atoms with Gasteiger partial charge in [0.25, 0.3) is 0 Å². The first-order valence-electron chi connectivity index (χ1n) is 5.98. The smallest absolute Gasteiger partial charge is 0.392 e. The molecule has 0 aliphatic carbocycles. The van der Waals surface area contributed by atoms with E-state index in [-0.39, 0.29) is 5.56 Å². The quantitative estimate of drug-likeness (QED) is 0.838. The normalized spacial score (nSPS) is 12.5. The lowest BCUT2D eigenvalue weighted by Gasteiger charge is -2.16. The Labute approximate surface area is 121 Å². The zero-order chi connectivity index (χ0) is 16.5. The summed E-state index contributed by atoms with van der Waals surface area (Å²) in [4.78, 5) is 3.55. The Morgan fingerprint density at radius 1 is 0.955 bits per heavy atom. The number of aliphatic hydroxyl groups is 1. The molecule has 0 unspecified atom stereocenters. The molecule has 0 saturated carbocycles. The van der Waals surface area contributed by atoms with Gasteiger partial charge in [0, 0.05) is 11.8 Å². The average molecular weight is 321 g/mol. The summed E-state index contributed by atoms with van der Waals surface area (Å²) < 4.78 is 77.5. The SMILES string of the molecule is OCc1ccnc(-c2cccc(C(F)(F)F)c2)c1C(F)(F)F. The van der Waals surface area contributed by atoms with E-state index in [1.54, 1.807) is 0 Å². The lowest BCUT2D eigenvalue weighted by molar-refractivity contribution is -0.138. The van der Waals surface area contributed by atoms with Gasteiger partial charge in [0.05, 0.1) is 23.4 Å². The van der Waals surface area contributed by atoms with Crippen LogP contribution in [-0.4, -0.2) is 10.1 Å². The Bertz CT molecular complexity index is 678. The largest absolute Gasteiger partial charge is 0.418 e. The molecule has 0 amide bonds. The molecule has 22 heavy (non-hydrogen) atoms. The summed E-state index contributed by atoms with van der Waals surface area (Å²) >= 11 is 0. The van der Waals surface area contributed by atoms with E-state index in [2.05, 4.69) is 4.98 Å². The van der Waals surface area contributed by atoms with E-state index in [0.717, 1.165) is 30.5 Å². The van der Waals surface area contributed by atoms with Crippen molar-refractivity contribution in [3.8, 4) is 11.3 Å². The minimum absolute atomic E-state index is 0.322. The molecule has 0 atom stereocenters. The second-order valence-corrected chi connectivity index (χ2v) is 4.43. The van der Waals surface area contributed by atoms with Gasteiger partial charge in [-0.1, -0.05) is 12.1 Å². The number of aromatic nitrogens is 1. The van der Waals surface area contributed by atoms with Crippen molar-refractivity contribution in [2.45, 2.75) is 19.0 Å². The molecule has 2 rings (SSSR count). The van der Waals surface area contributed by atoms with Crippen LogP contribution in [0.3, 0.4) is 0 Å². The van der Waals surface area contributed by atoms with Gasteiger partial charge in [-0.05, 0) is 23.8 Å². The number of aliphatic hydroxyl groups excluding tert-OH is 1. The van der Waals surface area contributed by atoms with Crippen LogP contribution >= 0.6 is 0 Å². The second kappa shape index (κ2) is 5.60. The van der Waals surface area contributed by atoms with E-state index in [1.807, 2.05) is 0 Å². The van der Waals surface area contributed by atoms with Crippen LogP contribution < -0.4 is 0 Å². The van der Waals surface area contributed by atoms with E-state index in [4.69, 9.17) is 5.11 Å². The van der Waals surface area contributed by atoms with Crippen molar-refractivity contribution < 1.29 is 31.4 Å². The fourth-order valence-corrected chi connectivity index (χ4v) is 2.01. The first-order valence-corrected chi connectivity index (χ1v) is 5.98. The fraction of sp³-hybridized carbons (Fsp3) is 0.214. The van der Waals surface area contributed by atoms with Crippen molar-refractivity contribution in [2.24, 2.45) is 0 Å². The maximum atomic E-state index is 13.1. The maximum Gasteiger partial charge on any atom is 0.418 e. The van der Waals surface area contributed by atoms with Gasteiger partial charge in [0.1, 0.15) is 0 Å². The number of benzene rings is 1. The molecule has 8 heteroatoms. The van der Waals surface area contributed by atoms with Crippen LogP contribution in [0.15, 0.2) is 36.5 Å². The summed E-state index contributed by atoms with van der Waals surface area (Å²) in [7, 11) is 0. The Balaban J connectivity index is 2.68. The summed E-state index contributed by atoms with van der Waals surface area (Å²) in [6.45, 7) is -0.899. The second-order valence-electron chi connectivity index (χ2n) is 4.43. The zero-order valence-electron chi connectivity index (χ0n) is 10.8. The summed E-state index contributed by atoms with van der Waals surface area (Å²) in [6.07, 6.45) is -8.52. The van der Waals surface area contributed by atoms with Crippen molar-refractivity contribution in [1.82, 2.24) is 4.98 Å². The molecule has 118 valence electrons. The molecule has 0 aliphatic heterocycles. The minimum Gasteiger partial charge on any atom is -0.392 e. The highest BCUT2D eigenvalue weighted by Crippen LogP contribution is 2.39. The molecule has 2 nitrogen and oxygen atoms in total. The Morgan fingerprint density at radius 2 is 1.64 bits per heavy atom. The summed E-state index contributed by atoms with van der Waals surface area (Å²) in [5.41, 5.74) is -3.73. The van der Waals surface area contributed by atoms with Crippen LogP contribution in [-0.2, 0) is 19.0 Å². The van der Waals surface area contributed by atoms with Crippen molar-refractivity contribution in [3.05, 3.63) is 53.2 Å². The molecule has 0 radical (unpaired) electrons. The summed E-state index contributed by atoms with van der Waals surface area (Å²) in [6, 6.07) is 4.44. The van der Waals surface area contributed by atoms with Crippen molar-refractivity contribution >= 4 is 0 Å². The number of alkyl halides is 6. The first kappa shape index (κ1) is 16.3. The third-order valence-corrected chi connectivity index (χ3v) is 2.95. The van der Waals surface area contributed by atoms with E-state index >= 15 is 0 Å². The number of halogens is 6. The van der Waals surface area contributed by atoms with Gasteiger partial charge >= 0.3 is 12.4 Å². The van der Waals surface area contributed by atoms with Crippen LogP contribution in [0, 0.1) is 0 Å². The summed E-state index contributed by atoms with van der Waals surface area (Å²) in [5, 5.41) is 9.03. The molecule has 1 heterocycles. The van der Waals surface area contributed by atoms with Crippen molar-refractivity contribution in [1.29, 1.82) is 0 Å². The monoisotopic (exact) mass is 321 g/mol. The fourth-order valence-electron chi connectivity index (χ4n) is 2.01. The van der Waals surface area contributed by atoms with Gasteiger partial charge in [-0.15, -0.1) is 0 Å². The molecule has 1 N–H and O–H groups in total. The number of rotatable bonds is 2. The number of hydrogen-bond donors (Lipinski definition) is 1. The molecular weight excluding hydrogens is 312 g/mol. The third kappa shape index (κ3) is 3.22. The van der Waals surface area contributed by atoms with Gasteiger partial charge in [0.15, 0.2) is 0 Å². The molecule has 0 bridgehead atoms. The Hall–Kier alpha value is -2.09. The Morgan fingerprint density at radius 3 is 2.18 bits per heavy atom. The molecule has 0 spiro atoms. The van der Waals surface area contributed by atoms with Crippen LogP contribution in [0.25, 0.3) is 11.3 Å². The van der Waals surface area contributed by atoms with Crippen LogP contribution in [0.4, 0.5) is 26.3 Å². The third-order valence-electron chi connectivity index (χ3n) is 2.95. The zero-order valence-corrected chi connectivity index (χ0v) is 10.8. The minimum atomic E-state index is -4.85. The molecule has 2 aromatic rings. The number of pyridine rings is 1. The number of nitrogens with zero attached hydrogens (tertiary/aromatic N) is 1. The highest BCUT2D eigenvalue weighted by Gasteiger charge is 2.38. The molecule has 1 aromatic carbocycles. The van der Waals surface area contributed by atoms with Crippen LogP contribution in [0.1, 0.15) is 16.7 Å². The lowest BCUT2D eigenvalue weighted by Crippen LogP contribution is -2.13. The van der Waals surface area contributed by atoms with Crippen LogP contribution in [0.2, 0.25) is 0 Å². The van der Waals surface area contributed by atoms with Crippen molar-refractivity contribution in [2.75, 3.05) is 0 Å². The molecule has 1 aromatic heterocycles. The van der Waals surface area contributed by atoms with Gasteiger partial charge in [-0.2, -0.15) is 26.3 Å². The Kier molecular flexibility index (Phi) is 4.15. The standard InChI is InChI=1S/C14H9F6NO/c15-13(16,17)10-3-1-2-8(6-10)12-11(14(18,19)20)9(7-22)4-5-21-12/h1-6,22H,7H2. The first-order chi connectivity index (χ1) is 10.1. The van der Waals surface area contributed by atoms with E-state index in [9.17, 15) is 26.3 Å². The van der Waals surface area contributed by atoms with E-state index < -0.39 is 41.3 Å². The van der Waals surface area contributed by atoms with Gasteiger partial charge in [-0.25, -0.2) is 0 Å². The predicted molar refractivity (Wildman–Crippen MR) is 65.6 cm³/mol. The topological polar surface area (TPSA) is 33.1 Å². The summed E-state index contributed by atoms with van der Waals surface area (Å²) in [5.74, 6) is 0. The maximum absolute atomic E-state index is 13.1. The average Bonchev–Trinajstić information content (AvgIpc) is 2.44. The molecule has 0 aliphatic rings. The molecular formula is C14H9F6NO. The number of hydrogen-bond acceptors (Lipinski definition) is 2. The lowest BCUT2D eigenvalue weighted by atomic mass is 9.99. The van der Waals surface area contributed by atoms with Gasteiger partial charge in [0.2, 0.25) is 0 Å². The highest BCUT2D eigenvalue weighted by molar-refractivity contribution is 5.66. The molecule has 0 saturated heterocycles. The molecule has 0 fully saturated rings. The predicted octanol–water partition coefficient (Wildman–Crippen LogP) is 4.28. The van der Waals surface area contributed by atoms with E-state index in [0.29, 0.717) is 6.07 Å². The van der Waals surface area contributed by atoms with Crippen molar-refractivity contribution in [3.63, 3.8) is 0 Å².